The molecule has 0 bridgehead atoms. The Kier molecular flexibility index (Phi) is 6.76. The molecule has 0 amide bonds. The molecule has 0 spiro atoms. The summed E-state index contributed by atoms with van der Waals surface area (Å²) in [6.07, 6.45) is 6.63. The van der Waals surface area contributed by atoms with Crippen LogP contribution in [-0.4, -0.2) is 18.6 Å². The van der Waals surface area contributed by atoms with Crippen molar-refractivity contribution in [3.8, 4) is 0 Å². The fourth-order valence-electron chi connectivity index (χ4n) is 0.664. The number of nitrogens with two attached hydrogens (primary N) is 1. The van der Waals surface area contributed by atoms with Crippen LogP contribution in [0.4, 0.5) is 0 Å². The lowest BCUT2D eigenvalue weighted by Gasteiger charge is -2.14. The van der Waals surface area contributed by atoms with Gasteiger partial charge >= 0.3 is 5.97 Å². The summed E-state index contributed by atoms with van der Waals surface area (Å²) in [5.74, 6) is -0.0264. The van der Waals surface area contributed by atoms with Gasteiger partial charge in [0, 0.05) is 12.1 Å². The molecule has 0 rings (SSSR count). The van der Waals surface area contributed by atoms with Crippen molar-refractivity contribution in [1.82, 2.24) is 0 Å². The number of carbonyl (C=O) groups is 1. The SMILES string of the molecule is CC=CC=CC(=O)OCC(N)C(C)C. The van der Waals surface area contributed by atoms with Crippen molar-refractivity contribution in [3.05, 3.63) is 24.3 Å². The van der Waals surface area contributed by atoms with Crippen LogP contribution < -0.4 is 5.73 Å². The molecular formula is C11H19NO2. The first-order chi connectivity index (χ1) is 6.57. The van der Waals surface area contributed by atoms with Gasteiger partial charge in [0.1, 0.15) is 6.61 Å². The quantitative estimate of drug-likeness (QED) is 0.414. The van der Waals surface area contributed by atoms with E-state index in [1.165, 1.54) is 6.08 Å². The van der Waals surface area contributed by atoms with Crippen molar-refractivity contribution >= 4 is 5.97 Å². The Labute approximate surface area is 85.6 Å². The predicted molar refractivity (Wildman–Crippen MR) is 57.7 cm³/mol. The summed E-state index contributed by atoms with van der Waals surface area (Å²) < 4.78 is 4.93. The van der Waals surface area contributed by atoms with E-state index in [4.69, 9.17) is 10.5 Å². The third-order valence-electron chi connectivity index (χ3n) is 1.81. The fourth-order valence-corrected chi connectivity index (χ4v) is 0.664. The first kappa shape index (κ1) is 12.9. The molecule has 0 aromatic rings. The Morgan fingerprint density at radius 2 is 2.07 bits per heavy atom. The predicted octanol–water partition coefficient (Wildman–Crippen LogP) is 1.65. The minimum Gasteiger partial charge on any atom is -0.461 e. The van der Waals surface area contributed by atoms with Gasteiger partial charge in [-0.25, -0.2) is 4.79 Å². The average Bonchev–Trinajstić information content (AvgIpc) is 2.14. The van der Waals surface area contributed by atoms with Gasteiger partial charge in [-0.05, 0) is 12.8 Å². The van der Waals surface area contributed by atoms with Gasteiger partial charge in [0.15, 0.2) is 0 Å². The largest absolute Gasteiger partial charge is 0.461 e. The highest BCUT2D eigenvalue weighted by Crippen LogP contribution is 1.98. The molecule has 0 saturated heterocycles. The number of rotatable bonds is 5. The van der Waals surface area contributed by atoms with Gasteiger partial charge in [0.2, 0.25) is 0 Å². The molecule has 0 aliphatic heterocycles. The standard InChI is InChI=1S/C11H19NO2/c1-4-5-6-7-11(13)14-8-10(12)9(2)3/h4-7,9-10H,8,12H2,1-3H3. The van der Waals surface area contributed by atoms with Crippen LogP contribution in [0.5, 0.6) is 0 Å². The van der Waals surface area contributed by atoms with E-state index in [1.807, 2.05) is 26.8 Å². The topological polar surface area (TPSA) is 52.3 Å². The van der Waals surface area contributed by atoms with Crippen molar-refractivity contribution in [1.29, 1.82) is 0 Å². The molecule has 0 aromatic carbocycles. The highest BCUT2D eigenvalue weighted by atomic mass is 16.5. The Balaban J connectivity index is 3.74. The van der Waals surface area contributed by atoms with Gasteiger partial charge in [-0.3, -0.25) is 0 Å². The molecule has 0 radical (unpaired) electrons. The van der Waals surface area contributed by atoms with Crippen LogP contribution in [0.3, 0.4) is 0 Å². The van der Waals surface area contributed by atoms with Crippen molar-refractivity contribution in [2.24, 2.45) is 11.7 Å². The number of allylic oxidation sites excluding steroid dienone is 3. The lowest BCUT2D eigenvalue weighted by molar-refractivity contribution is -0.138. The second-order valence-corrected chi connectivity index (χ2v) is 3.42. The lowest BCUT2D eigenvalue weighted by Crippen LogP contribution is -2.32. The monoisotopic (exact) mass is 197 g/mol. The zero-order valence-electron chi connectivity index (χ0n) is 9.07. The Hall–Kier alpha value is -1.09. The fraction of sp³-hybridized carbons (Fsp3) is 0.545. The summed E-state index contributed by atoms with van der Waals surface area (Å²) in [5, 5.41) is 0. The van der Waals surface area contributed by atoms with Crippen molar-refractivity contribution < 1.29 is 9.53 Å². The molecular weight excluding hydrogens is 178 g/mol. The van der Waals surface area contributed by atoms with Gasteiger partial charge in [0.05, 0.1) is 0 Å². The zero-order chi connectivity index (χ0) is 11.0. The third-order valence-corrected chi connectivity index (χ3v) is 1.81. The summed E-state index contributed by atoms with van der Waals surface area (Å²) in [5.41, 5.74) is 5.70. The van der Waals surface area contributed by atoms with E-state index in [0.717, 1.165) is 0 Å². The maximum Gasteiger partial charge on any atom is 0.330 e. The van der Waals surface area contributed by atoms with Crippen molar-refractivity contribution in [2.75, 3.05) is 6.61 Å². The highest BCUT2D eigenvalue weighted by Gasteiger charge is 2.08. The molecule has 3 nitrogen and oxygen atoms in total. The van der Waals surface area contributed by atoms with Crippen LogP contribution in [0.1, 0.15) is 20.8 Å². The first-order valence-electron chi connectivity index (χ1n) is 4.79. The minimum atomic E-state index is -0.348. The van der Waals surface area contributed by atoms with Crippen LogP contribution in [0.25, 0.3) is 0 Å². The normalized spacial score (nSPS) is 14.1. The second-order valence-electron chi connectivity index (χ2n) is 3.42. The molecule has 0 aliphatic rings. The molecule has 0 aliphatic carbocycles. The van der Waals surface area contributed by atoms with E-state index < -0.39 is 0 Å². The summed E-state index contributed by atoms with van der Waals surface area (Å²) in [4.78, 5) is 11.0. The van der Waals surface area contributed by atoms with Gasteiger partial charge in [0.25, 0.3) is 0 Å². The molecule has 1 atom stereocenters. The van der Waals surface area contributed by atoms with E-state index in [9.17, 15) is 4.79 Å². The lowest BCUT2D eigenvalue weighted by atomic mass is 10.1. The molecule has 0 heterocycles. The molecule has 0 fully saturated rings. The van der Waals surface area contributed by atoms with E-state index in [0.29, 0.717) is 5.92 Å². The van der Waals surface area contributed by atoms with E-state index >= 15 is 0 Å². The summed E-state index contributed by atoms with van der Waals surface area (Å²) >= 11 is 0. The summed E-state index contributed by atoms with van der Waals surface area (Å²) in [7, 11) is 0. The van der Waals surface area contributed by atoms with Crippen LogP contribution in [0.15, 0.2) is 24.3 Å². The molecule has 2 N–H and O–H groups in total. The molecule has 14 heavy (non-hydrogen) atoms. The number of hydrogen-bond donors (Lipinski definition) is 1. The number of carbonyl (C=O) groups excluding carboxylic acids is 1. The van der Waals surface area contributed by atoms with Crippen molar-refractivity contribution in [2.45, 2.75) is 26.8 Å². The van der Waals surface area contributed by atoms with Gasteiger partial charge in [-0.2, -0.15) is 0 Å². The van der Waals surface area contributed by atoms with Gasteiger partial charge in [-0.1, -0.05) is 32.1 Å². The van der Waals surface area contributed by atoms with E-state index in [1.54, 1.807) is 12.2 Å². The molecule has 80 valence electrons. The zero-order valence-corrected chi connectivity index (χ0v) is 9.07. The van der Waals surface area contributed by atoms with Crippen molar-refractivity contribution in [3.63, 3.8) is 0 Å². The van der Waals surface area contributed by atoms with Crippen LogP contribution in [0.2, 0.25) is 0 Å². The molecule has 1 unspecified atom stereocenters. The van der Waals surface area contributed by atoms with Crippen LogP contribution in [0, 0.1) is 5.92 Å². The molecule has 0 saturated carbocycles. The van der Waals surface area contributed by atoms with Crippen LogP contribution >= 0.6 is 0 Å². The average molecular weight is 197 g/mol. The van der Waals surface area contributed by atoms with Gasteiger partial charge < -0.3 is 10.5 Å². The number of esters is 1. The smallest absolute Gasteiger partial charge is 0.330 e. The Morgan fingerprint density at radius 3 is 2.57 bits per heavy atom. The first-order valence-corrected chi connectivity index (χ1v) is 4.79. The van der Waals surface area contributed by atoms with Gasteiger partial charge in [-0.15, -0.1) is 0 Å². The Bertz CT molecular complexity index is 219. The molecule has 3 heteroatoms. The minimum absolute atomic E-state index is 0.0888. The Morgan fingerprint density at radius 1 is 1.43 bits per heavy atom. The molecule has 0 aromatic heterocycles. The third kappa shape index (κ3) is 6.43. The number of hydrogen-bond acceptors (Lipinski definition) is 3. The maximum absolute atomic E-state index is 11.0. The second kappa shape index (κ2) is 7.33. The van der Waals surface area contributed by atoms with E-state index in [-0.39, 0.29) is 18.6 Å². The maximum atomic E-state index is 11.0. The highest BCUT2D eigenvalue weighted by molar-refractivity contribution is 5.82. The summed E-state index contributed by atoms with van der Waals surface area (Å²) in [6.45, 7) is 6.14. The van der Waals surface area contributed by atoms with Crippen LogP contribution in [-0.2, 0) is 9.53 Å². The summed E-state index contributed by atoms with van der Waals surface area (Å²) in [6, 6.07) is -0.0888. The van der Waals surface area contributed by atoms with E-state index in [2.05, 4.69) is 0 Å². The number of ether oxygens (including phenoxy) is 1.